The maximum Gasteiger partial charge on any atom is 0.0305 e. The van der Waals surface area contributed by atoms with Gasteiger partial charge in [-0.05, 0) is 48.6 Å². The van der Waals surface area contributed by atoms with E-state index in [0.29, 0.717) is 0 Å². The van der Waals surface area contributed by atoms with Crippen LogP contribution in [0.25, 0.3) is 0 Å². The molecule has 1 saturated carbocycles. The minimum absolute atomic E-state index is 0.758. The second kappa shape index (κ2) is 8.06. The minimum atomic E-state index is 0.758. The zero-order valence-corrected chi connectivity index (χ0v) is 13.4. The van der Waals surface area contributed by atoms with Gasteiger partial charge in [0.05, 0.1) is 0 Å². The second-order valence-electron chi connectivity index (χ2n) is 5.96. The van der Waals surface area contributed by atoms with Crippen LogP contribution in [-0.4, -0.2) is 6.04 Å². The van der Waals surface area contributed by atoms with Gasteiger partial charge in [-0.25, -0.2) is 0 Å². The SMILES string of the molecule is CCCC1CCCC(NCc2sccc2CC)CC1. The Morgan fingerprint density at radius 2 is 2.11 bits per heavy atom. The van der Waals surface area contributed by atoms with Gasteiger partial charge in [0.15, 0.2) is 0 Å². The Morgan fingerprint density at radius 3 is 2.89 bits per heavy atom. The van der Waals surface area contributed by atoms with Crippen LogP contribution < -0.4 is 5.32 Å². The van der Waals surface area contributed by atoms with E-state index in [-0.39, 0.29) is 0 Å². The lowest BCUT2D eigenvalue weighted by molar-refractivity contribution is 0.410. The summed E-state index contributed by atoms with van der Waals surface area (Å²) in [6.45, 7) is 5.67. The van der Waals surface area contributed by atoms with E-state index in [1.807, 2.05) is 11.3 Å². The molecule has 0 aromatic carbocycles. The summed E-state index contributed by atoms with van der Waals surface area (Å²) in [5.74, 6) is 1.00. The molecule has 0 saturated heterocycles. The molecule has 1 aromatic rings. The smallest absolute Gasteiger partial charge is 0.0305 e. The van der Waals surface area contributed by atoms with E-state index in [1.165, 1.54) is 56.9 Å². The summed E-state index contributed by atoms with van der Waals surface area (Å²) in [4.78, 5) is 1.55. The number of thiophene rings is 1. The van der Waals surface area contributed by atoms with Gasteiger partial charge in [-0.3, -0.25) is 0 Å². The largest absolute Gasteiger partial charge is 0.309 e. The van der Waals surface area contributed by atoms with Gasteiger partial charge in [0.2, 0.25) is 0 Å². The summed E-state index contributed by atoms with van der Waals surface area (Å²) in [6, 6.07) is 3.04. The highest BCUT2D eigenvalue weighted by molar-refractivity contribution is 7.10. The van der Waals surface area contributed by atoms with Crippen LogP contribution in [0.4, 0.5) is 0 Å². The first kappa shape index (κ1) is 15.1. The van der Waals surface area contributed by atoms with Gasteiger partial charge >= 0.3 is 0 Å². The fraction of sp³-hybridized carbons (Fsp3) is 0.765. The molecule has 0 amide bonds. The van der Waals surface area contributed by atoms with Crippen LogP contribution in [0.15, 0.2) is 11.4 Å². The normalized spacial score (nSPS) is 24.3. The first-order chi connectivity index (χ1) is 9.33. The second-order valence-corrected chi connectivity index (χ2v) is 6.96. The summed E-state index contributed by atoms with van der Waals surface area (Å²) in [7, 11) is 0. The average molecular weight is 279 g/mol. The molecule has 2 unspecified atom stereocenters. The molecule has 1 fully saturated rings. The zero-order chi connectivity index (χ0) is 13.5. The standard InChI is InChI=1S/C17H29NS/c1-3-6-14-7-5-8-16(10-9-14)18-13-17-15(4-2)11-12-19-17/h11-12,14,16,18H,3-10,13H2,1-2H3. The van der Waals surface area contributed by atoms with Gasteiger partial charge < -0.3 is 5.32 Å². The van der Waals surface area contributed by atoms with Gasteiger partial charge in [0.25, 0.3) is 0 Å². The van der Waals surface area contributed by atoms with Gasteiger partial charge in [-0.15, -0.1) is 11.3 Å². The first-order valence-corrected chi connectivity index (χ1v) is 9.00. The van der Waals surface area contributed by atoms with Crippen molar-refractivity contribution in [2.45, 2.75) is 77.8 Å². The molecule has 108 valence electrons. The molecule has 0 aliphatic heterocycles. The molecule has 0 radical (unpaired) electrons. The van der Waals surface area contributed by atoms with Crippen LogP contribution in [0.1, 0.15) is 69.2 Å². The van der Waals surface area contributed by atoms with Crippen molar-refractivity contribution in [1.29, 1.82) is 0 Å². The van der Waals surface area contributed by atoms with Gasteiger partial charge in [0.1, 0.15) is 0 Å². The zero-order valence-electron chi connectivity index (χ0n) is 12.6. The lowest BCUT2D eigenvalue weighted by atomic mass is 9.95. The lowest BCUT2D eigenvalue weighted by Crippen LogP contribution is -2.27. The Bertz CT molecular complexity index is 358. The Labute approximate surface area is 122 Å². The van der Waals surface area contributed by atoms with Gasteiger partial charge in [-0.1, -0.05) is 39.5 Å². The van der Waals surface area contributed by atoms with E-state index >= 15 is 0 Å². The van der Waals surface area contributed by atoms with E-state index in [0.717, 1.165) is 18.5 Å². The Hall–Kier alpha value is -0.340. The fourth-order valence-corrected chi connectivity index (χ4v) is 4.28. The van der Waals surface area contributed by atoms with Crippen molar-refractivity contribution in [2.75, 3.05) is 0 Å². The summed E-state index contributed by atoms with van der Waals surface area (Å²) >= 11 is 1.91. The predicted octanol–water partition coefficient (Wildman–Crippen LogP) is 5.15. The lowest BCUT2D eigenvalue weighted by Gasteiger charge is -2.17. The minimum Gasteiger partial charge on any atom is -0.309 e. The molecule has 19 heavy (non-hydrogen) atoms. The van der Waals surface area contributed by atoms with Crippen molar-refractivity contribution in [2.24, 2.45) is 5.92 Å². The van der Waals surface area contributed by atoms with Crippen LogP contribution in [0.2, 0.25) is 0 Å². The molecule has 1 aromatic heterocycles. The molecule has 2 atom stereocenters. The number of nitrogens with one attached hydrogen (secondary N) is 1. The van der Waals surface area contributed by atoms with Crippen LogP contribution in [0, 0.1) is 5.92 Å². The maximum absolute atomic E-state index is 3.81. The summed E-state index contributed by atoms with van der Waals surface area (Å²) < 4.78 is 0. The Kier molecular flexibility index (Phi) is 6.39. The van der Waals surface area contributed by atoms with Crippen molar-refractivity contribution in [3.05, 3.63) is 21.9 Å². The van der Waals surface area contributed by atoms with Gasteiger partial charge in [-0.2, -0.15) is 0 Å². The third-order valence-corrected chi connectivity index (χ3v) is 5.52. The van der Waals surface area contributed by atoms with E-state index in [2.05, 4.69) is 30.6 Å². The first-order valence-electron chi connectivity index (χ1n) is 8.12. The number of rotatable bonds is 6. The fourth-order valence-electron chi connectivity index (χ4n) is 3.35. The van der Waals surface area contributed by atoms with Gasteiger partial charge in [0, 0.05) is 17.5 Å². The summed E-state index contributed by atoms with van der Waals surface area (Å²) in [6.07, 6.45) is 11.1. The molecular formula is C17H29NS. The molecule has 1 heterocycles. The molecule has 1 nitrogen and oxygen atoms in total. The molecule has 0 bridgehead atoms. The van der Waals surface area contributed by atoms with Crippen molar-refractivity contribution in [1.82, 2.24) is 5.32 Å². The number of hydrogen-bond acceptors (Lipinski definition) is 2. The highest BCUT2D eigenvalue weighted by Crippen LogP contribution is 2.27. The van der Waals surface area contributed by atoms with E-state index < -0.39 is 0 Å². The predicted molar refractivity (Wildman–Crippen MR) is 85.8 cm³/mol. The topological polar surface area (TPSA) is 12.0 Å². The summed E-state index contributed by atoms with van der Waals surface area (Å²) in [5.41, 5.74) is 1.54. The highest BCUT2D eigenvalue weighted by Gasteiger charge is 2.18. The molecule has 1 aliphatic rings. The van der Waals surface area contributed by atoms with E-state index in [1.54, 1.807) is 4.88 Å². The van der Waals surface area contributed by atoms with Crippen LogP contribution in [0.5, 0.6) is 0 Å². The Morgan fingerprint density at radius 1 is 1.21 bits per heavy atom. The maximum atomic E-state index is 3.81. The average Bonchev–Trinajstić information content (AvgIpc) is 2.77. The van der Waals surface area contributed by atoms with E-state index in [9.17, 15) is 0 Å². The van der Waals surface area contributed by atoms with Crippen molar-refractivity contribution < 1.29 is 0 Å². The number of aryl methyl sites for hydroxylation is 1. The third-order valence-electron chi connectivity index (χ3n) is 4.56. The highest BCUT2D eigenvalue weighted by atomic mass is 32.1. The molecule has 2 rings (SSSR count). The van der Waals surface area contributed by atoms with Crippen LogP contribution in [-0.2, 0) is 13.0 Å². The molecule has 2 heteroatoms. The van der Waals surface area contributed by atoms with Crippen molar-refractivity contribution >= 4 is 11.3 Å². The quantitative estimate of drug-likeness (QED) is 0.710. The molecular weight excluding hydrogens is 250 g/mol. The van der Waals surface area contributed by atoms with Crippen molar-refractivity contribution in [3.8, 4) is 0 Å². The number of hydrogen-bond donors (Lipinski definition) is 1. The van der Waals surface area contributed by atoms with Crippen LogP contribution >= 0.6 is 11.3 Å². The summed E-state index contributed by atoms with van der Waals surface area (Å²) in [5, 5.41) is 6.05. The van der Waals surface area contributed by atoms with Crippen LogP contribution in [0.3, 0.4) is 0 Å². The molecule has 1 N–H and O–H groups in total. The van der Waals surface area contributed by atoms with E-state index in [4.69, 9.17) is 0 Å². The molecule has 0 spiro atoms. The third kappa shape index (κ3) is 4.61. The molecule has 1 aliphatic carbocycles. The monoisotopic (exact) mass is 279 g/mol. The Balaban J connectivity index is 1.77. The van der Waals surface area contributed by atoms with Crippen molar-refractivity contribution in [3.63, 3.8) is 0 Å².